The summed E-state index contributed by atoms with van der Waals surface area (Å²) in [6.07, 6.45) is 4.42. The third-order valence-corrected chi connectivity index (χ3v) is 4.07. The Bertz CT molecular complexity index is 564. The highest BCUT2D eigenvalue weighted by molar-refractivity contribution is 5.49. The number of pyridine rings is 1. The number of hydrogen-bond donors (Lipinski definition) is 0. The maximum absolute atomic E-state index is 5.48. The number of aromatic nitrogens is 2. The highest BCUT2D eigenvalue weighted by Crippen LogP contribution is 2.29. The number of nitrogens with zero attached hydrogens (tertiary/aromatic N) is 3. The first kappa shape index (κ1) is 12.5. The maximum atomic E-state index is 5.48. The highest BCUT2D eigenvalue weighted by Gasteiger charge is 2.24. The fraction of sp³-hybridized carbons (Fsp3) is 0.533. The van der Waals surface area contributed by atoms with Crippen LogP contribution in [0.25, 0.3) is 5.52 Å². The third kappa shape index (κ3) is 2.21. The van der Waals surface area contributed by atoms with Crippen LogP contribution in [0.15, 0.2) is 24.4 Å². The number of likely N-dealkylation sites (tertiary alicyclic amines) is 1. The predicted octanol–water partition coefficient (Wildman–Crippen LogP) is 2.54. The van der Waals surface area contributed by atoms with Crippen molar-refractivity contribution in [3.63, 3.8) is 0 Å². The Balaban J connectivity index is 2.00. The minimum absolute atomic E-state index is 0.507. The second kappa shape index (κ2) is 5.21. The molecule has 0 radical (unpaired) electrons. The molecule has 4 nitrogen and oxygen atoms in total. The molecule has 1 saturated heterocycles. The lowest BCUT2D eigenvalue weighted by atomic mass is 9.97. The highest BCUT2D eigenvalue weighted by atomic mass is 16.5. The van der Waals surface area contributed by atoms with E-state index in [9.17, 15) is 0 Å². The van der Waals surface area contributed by atoms with E-state index in [0.717, 1.165) is 30.3 Å². The molecule has 0 aromatic carbocycles. The zero-order valence-corrected chi connectivity index (χ0v) is 11.7. The van der Waals surface area contributed by atoms with Gasteiger partial charge in [0.25, 0.3) is 0 Å². The summed E-state index contributed by atoms with van der Waals surface area (Å²) >= 11 is 0. The van der Waals surface area contributed by atoms with Crippen LogP contribution in [-0.2, 0) is 0 Å². The molecule has 19 heavy (non-hydrogen) atoms. The summed E-state index contributed by atoms with van der Waals surface area (Å²) in [6, 6.07) is 6.09. The summed E-state index contributed by atoms with van der Waals surface area (Å²) in [5, 5.41) is 0. The van der Waals surface area contributed by atoms with E-state index in [1.54, 1.807) is 7.11 Å². The number of fused-ring (bicyclic) bond motifs is 1. The molecule has 1 unspecified atom stereocenters. The lowest BCUT2D eigenvalue weighted by Crippen LogP contribution is -2.34. The summed E-state index contributed by atoms with van der Waals surface area (Å²) in [6.45, 7) is 5.67. The molecule has 2 aromatic rings. The summed E-state index contributed by atoms with van der Waals surface area (Å²) < 4.78 is 7.64. The van der Waals surface area contributed by atoms with Gasteiger partial charge in [0.1, 0.15) is 5.82 Å². The molecule has 4 heteroatoms. The second-order valence-corrected chi connectivity index (χ2v) is 5.18. The number of piperidine rings is 1. The van der Waals surface area contributed by atoms with E-state index in [4.69, 9.17) is 4.74 Å². The van der Waals surface area contributed by atoms with Gasteiger partial charge in [0, 0.05) is 12.5 Å². The van der Waals surface area contributed by atoms with Crippen LogP contribution < -0.4 is 4.74 Å². The van der Waals surface area contributed by atoms with Crippen LogP contribution in [0.2, 0.25) is 0 Å². The standard InChI is InChI=1S/C15H21N3O/c1-3-17-9-5-6-12(11-17)15-16-10-13-7-4-8-14(19-2)18(13)15/h4,7-8,10,12H,3,5-6,9,11H2,1-2H3. The van der Waals surface area contributed by atoms with Gasteiger partial charge >= 0.3 is 0 Å². The minimum Gasteiger partial charge on any atom is -0.482 e. The van der Waals surface area contributed by atoms with Gasteiger partial charge in [0.15, 0.2) is 5.88 Å². The molecule has 3 rings (SSSR count). The van der Waals surface area contributed by atoms with Crippen LogP contribution in [0.5, 0.6) is 5.88 Å². The summed E-state index contributed by atoms with van der Waals surface area (Å²) in [5.41, 5.74) is 1.11. The van der Waals surface area contributed by atoms with Gasteiger partial charge in [0.05, 0.1) is 18.8 Å². The smallest absolute Gasteiger partial charge is 0.199 e. The van der Waals surface area contributed by atoms with Crippen molar-refractivity contribution in [2.75, 3.05) is 26.7 Å². The Kier molecular flexibility index (Phi) is 3.42. The van der Waals surface area contributed by atoms with Crippen molar-refractivity contribution >= 4 is 5.52 Å². The number of hydrogen-bond acceptors (Lipinski definition) is 3. The van der Waals surface area contributed by atoms with E-state index in [1.807, 2.05) is 18.3 Å². The minimum atomic E-state index is 0.507. The van der Waals surface area contributed by atoms with Crippen molar-refractivity contribution in [1.82, 2.24) is 14.3 Å². The summed E-state index contributed by atoms with van der Waals surface area (Å²) in [7, 11) is 1.72. The molecule has 0 N–H and O–H groups in total. The number of rotatable bonds is 3. The number of imidazole rings is 1. The van der Waals surface area contributed by atoms with Gasteiger partial charge in [-0.05, 0) is 38.1 Å². The average Bonchev–Trinajstić information content (AvgIpc) is 2.91. The first-order valence-electron chi connectivity index (χ1n) is 7.06. The SMILES string of the molecule is CCN1CCCC(c2ncc3cccc(OC)n23)C1. The molecule has 102 valence electrons. The van der Waals surface area contributed by atoms with Gasteiger partial charge in [-0.25, -0.2) is 4.98 Å². The summed E-state index contributed by atoms with van der Waals surface area (Å²) in [5.74, 6) is 2.52. The van der Waals surface area contributed by atoms with Gasteiger partial charge in [-0.15, -0.1) is 0 Å². The van der Waals surface area contributed by atoms with Crippen LogP contribution in [0, 0.1) is 0 Å². The van der Waals surface area contributed by atoms with E-state index >= 15 is 0 Å². The molecule has 1 aliphatic heterocycles. The van der Waals surface area contributed by atoms with E-state index in [-0.39, 0.29) is 0 Å². The largest absolute Gasteiger partial charge is 0.482 e. The molecule has 0 bridgehead atoms. The fourth-order valence-electron chi connectivity index (χ4n) is 3.04. The van der Waals surface area contributed by atoms with Crippen LogP contribution in [-0.4, -0.2) is 41.0 Å². The van der Waals surface area contributed by atoms with Crippen LogP contribution in [0.1, 0.15) is 31.5 Å². The Hall–Kier alpha value is -1.55. The first-order chi connectivity index (χ1) is 9.33. The van der Waals surface area contributed by atoms with E-state index in [0.29, 0.717) is 5.92 Å². The number of likely N-dealkylation sites (N-methyl/N-ethyl adjacent to an activating group) is 1. The zero-order valence-electron chi connectivity index (χ0n) is 11.7. The molecule has 0 saturated carbocycles. The molecular formula is C15H21N3O. The molecule has 2 aromatic heterocycles. The van der Waals surface area contributed by atoms with E-state index < -0.39 is 0 Å². The molecule has 0 amide bonds. The molecule has 1 atom stereocenters. The normalized spacial score (nSPS) is 20.8. The molecule has 3 heterocycles. The average molecular weight is 259 g/mol. The molecule has 1 aliphatic rings. The Morgan fingerprint density at radius 3 is 3.11 bits per heavy atom. The van der Waals surface area contributed by atoms with Gasteiger partial charge in [-0.2, -0.15) is 0 Å². The Morgan fingerprint density at radius 1 is 1.42 bits per heavy atom. The second-order valence-electron chi connectivity index (χ2n) is 5.18. The van der Waals surface area contributed by atoms with Crippen molar-refractivity contribution in [2.24, 2.45) is 0 Å². The zero-order chi connectivity index (χ0) is 13.2. The van der Waals surface area contributed by atoms with Crippen molar-refractivity contribution < 1.29 is 4.74 Å². The Morgan fingerprint density at radius 2 is 2.32 bits per heavy atom. The van der Waals surface area contributed by atoms with Gasteiger partial charge in [-0.3, -0.25) is 4.40 Å². The van der Waals surface area contributed by atoms with Crippen LogP contribution >= 0.6 is 0 Å². The summed E-state index contributed by atoms with van der Waals surface area (Å²) in [4.78, 5) is 7.16. The third-order valence-electron chi connectivity index (χ3n) is 4.07. The van der Waals surface area contributed by atoms with Crippen molar-refractivity contribution in [2.45, 2.75) is 25.7 Å². The lowest BCUT2D eigenvalue weighted by molar-refractivity contribution is 0.213. The number of ether oxygens (including phenoxy) is 1. The van der Waals surface area contributed by atoms with Crippen LogP contribution in [0.3, 0.4) is 0 Å². The maximum Gasteiger partial charge on any atom is 0.199 e. The van der Waals surface area contributed by atoms with E-state index in [1.165, 1.54) is 19.4 Å². The van der Waals surface area contributed by atoms with Gasteiger partial charge < -0.3 is 9.64 Å². The lowest BCUT2D eigenvalue weighted by Gasteiger charge is -2.31. The van der Waals surface area contributed by atoms with Crippen molar-refractivity contribution in [3.8, 4) is 5.88 Å². The van der Waals surface area contributed by atoms with Crippen molar-refractivity contribution in [1.29, 1.82) is 0 Å². The number of methoxy groups -OCH3 is 1. The molecule has 1 fully saturated rings. The Labute approximate surface area is 114 Å². The fourth-order valence-corrected chi connectivity index (χ4v) is 3.04. The monoisotopic (exact) mass is 259 g/mol. The van der Waals surface area contributed by atoms with Crippen molar-refractivity contribution in [3.05, 3.63) is 30.2 Å². The first-order valence-corrected chi connectivity index (χ1v) is 7.06. The topological polar surface area (TPSA) is 29.8 Å². The van der Waals surface area contributed by atoms with Gasteiger partial charge in [-0.1, -0.05) is 13.0 Å². The van der Waals surface area contributed by atoms with Crippen LogP contribution in [0.4, 0.5) is 0 Å². The molecule has 0 aliphatic carbocycles. The predicted molar refractivity (Wildman–Crippen MR) is 75.8 cm³/mol. The molecular weight excluding hydrogens is 238 g/mol. The van der Waals surface area contributed by atoms with Gasteiger partial charge in [0.2, 0.25) is 0 Å². The molecule has 0 spiro atoms. The quantitative estimate of drug-likeness (QED) is 0.848. The van der Waals surface area contributed by atoms with E-state index in [2.05, 4.69) is 27.3 Å².